The van der Waals surface area contributed by atoms with Crippen LogP contribution in [-0.2, 0) is 4.79 Å². The van der Waals surface area contributed by atoms with Crippen molar-refractivity contribution in [1.82, 2.24) is 9.88 Å². The topological polar surface area (TPSA) is 64.2 Å². The van der Waals surface area contributed by atoms with Gasteiger partial charge in [-0.05, 0) is 31.9 Å². The summed E-state index contributed by atoms with van der Waals surface area (Å²) >= 11 is 0. The number of benzene rings is 1. The van der Waals surface area contributed by atoms with E-state index < -0.39 is 11.8 Å². The Morgan fingerprint density at radius 1 is 1.23 bits per heavy atom. The van der Waals surface area contributed by atoms with Crippen molar-refractivity contribution >= 4 is 17.0 Å². The van der Waals surface area contributed by atoms with Crippen LogP contribution in [0, 0.1) is 0 Å². The van der Waals surface area contributed by atoms with Crippen LogP contribution in [0.5, 0.6) is 0 Å². The summed E-state index contributed by atoms with van der Waals surface area (Å²) < 4.78 is 6.64. The van der Waals surface area contributed by atoms with Crippen LogP contribution in [0.4, 0.5) is 0 Å². The van der Waals surface area contributed by atoms with Gasteiger partial charge in [0.1, 0.15) is 6.04 Å². The van der Waals surface area contributed by atoms with Crippen LogP contribution in [0.3, 0.4) is 0 Å². The van der Waals surface area contributed by atoms with Crippen LogP contribution >= 0.6 is 0 Å². The average Bonchev–Trinajstić information content (AvgIpc) is 2.67. The quantitative estimate of drug-likeness (QED) is 0.886. The number of hydrogen-bond donors (Lipinski definition) is 1. The van der Waals surface area contributed by atoms with E-state index in [2.05, 4.69) is 5.32 Å². The highest BCUT2D eigenvalue weighted by molar-refractivity contribution is 5.83. The van der Waals surface area contributed by atoms with Crippen molar-refractivity contribution in [2.45, 2.75) is 57.5 Å². The van der Waals surface area contributed by atoms with Gasteiger partial charge in [-0.15, -0.1) is 0 Å². The summed E-state index contributed by atoms with van der Waals surface area (Å²) in [6.45, 7) is 1.75. The molecule has 2 aromatic rings. The Morgan fingerprint density at radius 2 is 1.91 bits per heavy atom. The Balaban J connectivity index is 1.79. The first-order valence-corrected chi connectivity index (χ1v) is 8.07. The number of nitrogens with zero attached hydrogens (tertiary/aromatic N) is 1. The molecule has 1 saturated carbocycles. The molecule has 1 amide bonds. The summed E-state index contributed by atoms with van der Waals surface area (Å²) in [4.78, 5) is 24.6. The van der Waals surface area contributed by atoms with Crippen molar-refractivity contribution in [2.24, 2.45) is 0 Å². The van der Waals surface area contributed by atoms with Gasteiger partial charge >= 0.3 is 5.76 Å². The fourth-order valence-electron chi connectivity index (χ4n) is 3.21. The molecular weight excluding hydrogens is 280 g/mol. The first-order chi connectivity index (χ1) is 10.7. The van der Waals surface area contributed by atoms with Gasteiger partial charge in [-0.1, -0.05) is 37.8 Å². The molecule has 1 aromatic carbocycles. The molecule has 0 radical (unpaired) electrons. The van der Waals surface area contributed by atoms with Gasteiger partial charge in [0.2, 0.25) is 5.91 Å². The smallest absolute Gasteiger partial charge is 0.408 e. The molecule has 0 unspecified atom stereocenters. The molecule has 3 rings (SSSR count). The monoisotopic (exact) mass is 302 g/mol. The first-order valence-electron chi connectivity index (χ1n) is 8.07. The predicted molar refractivity (Wildman–Crippen MR) is 84.8 cm³/mol. The van der Waals surface area contributed by atoms with Crippen molar-refractivity contribution in [3.8, 4) is 0 Å². The number of carbonyl (C=O) groups is 1. The molecule has 0 aliphatic heterocycles. The summed E-state index contributed by atoms with van der Waals surface area (Å²) in [6.07, 6.45) is 6.86. The van der Waals surface area contributed by atoms with Gasteiger partial charge in [0.05, 0.1) is 5.52 Å². The summed E-state index contributed by atoms with van der Waals surface area (Å²) in [7, 11) is 0. The number of amides is 1. The largest absolute Gasteiger partial charge is 0.420 e. The van der Waals surface area contributed by atoms with E-state index in [1.165, 1.54) is 17.4 Å². The van der Waals surface area contributed by atoms with Crippen molar-refractivity contribution in [2.75, 3.05) is 0 Å². The Labute approximate surface area is 129 Å². The van der Waals surface area contributed by atoms with Crippen LogP contribution in [-0.4, -0.2) is 16.5 Å². The Morgan fingerprint density at radius 3 is 2.64 bits per heavy atom. The standard InChI is InChI=1S/C17H22N2O3/c1-12(16(20)18-13-8-4-2-3-5-9-13)19-14-10-6-7-11-15(14)22-17(19)21/h6-7,10-13H,2-5,8-9H2,1H3,(H,18,20)/t12-/m0/s1. The Kier molecular flexibility index (Phi) is 4.32. The van der Waals surface area contributed by atoms with Crippen molar-refractivity contribution in [3.05, 3.63) is 34.8 Å². The molecule has 1 aromatic heterocycles. The molecule has 1 aliphatic rings. The maximum atomic E-state index is 12.5. The summed E-state index contributed by atoms with van der Waals surface area (Å²) in [5.74, 6) is -0.592. The molecule has 0 bridgehead atoms. The third kappa shape index (κ3) is 2.93. The molecule has 1 fully saturated rings. The zero-order chi connectivity index (χ0) is 15.5. The van der Waals surface area contributed by atoms with E-state index in [0.29, 0.717) is 11.1 Å². The van der Waals surface area contributed by atoms with E-state index in [1.807, 2.05) is 12.1 Å². The van der Waals surface area contributed by atoms with Crippen LogP contribution in [0.1, 0.15) is 51.5 Å². The van der Waals surface area contributed by atoms with Gasteiger partial charge in [0, 0.05) is 6.04 Å². The van der Waals surface area contributed by atoms with Crippen LogP contribution in [0.25, 0.3) is 11.1 Å². The zero-order valence-electron chi connectivity index (χ0n) is 12.9. The molecular formula is C17H22N2O3. The first kappa shape index (κ1) is 14.9. The molecule has 1 aliphatic carbocycles. The number of rotatable bonds is 3. The molecule has 1 N–H and O–H groups in total. The minimum atomic E-state index is -0.570. The van der Waals surface area contributed by atoms with Gasteiger partial charge < -0.3 is 9.73 Å². The molecule has 1 atom stereocenters. The van der Waals surface area contributed by atoms with E-state index in [0.717, 1.165) is 25.7 Å². The van der Waals surface area contributed by atoms with Gasteiger partial charge in [-0.2, -0.15) is 0 Å². The van der Waals surface area contributed by atoms with Crippen LogP contribution in [0.15, 0.2) is 33.5 Å². The highest BCUT2D eigenvalue weighted by Gasteiger charge is 2.23. The summed E-state index contributed by atoms with van der Waals surface area (Å²) in [6, 6.07) is 6.85. The molecule has 0 saturated heterocycles. The lowest BCUT2D eigenvalue weighted by Gasteiger charge is -2.19. The number of oxazole rings is 1. The second-order valence-corrected chi connectivity index (χ2v) is 6.08. The number of hydrogen-bond acceptors (Lipinski definition) is 3. The van der Waals surface area contributed by atoms with E-state index in [4.69, 9.17) is 4.42 Å². The molecule has 1 heterocycles. The minimum absolute atomic E-state index is 0.111. The normalized spacial score (nSPS) is 18.0. The fraction of sp³-hybridized carbons (Fsp3) is 0.529. The number of fused-ring (bicyclic) bond motifs is 1. The third-order valence-corrected chi connectivity index (χ3v) is 4.49. The van der Waals surface area contributed by atoms with Crippen LogP contribution in [0.2, 0.25) is 0 Å². The summed E-state index contributed by atoms with van der Waals surface area (Å²) in [5.41, 5.74) is 1.18. The molecule has 5 nitrogen and oxygen atoms in total. The zero-order valence-corrected chi connectivity index (χ0v) is 12.9. The van der Waals surface area contributed by atoms with Crippen molar-refractivity contribution in [3.63, 3.8) is 0 Å². The highest BCUT2D eigenvalue weighted by Crippen LogP contribution is 2.20. The Bertz CT molecular complexity index is 708. The lowest BCUT2D eigenvalue weighted by molar-refractivity contribution is -0.124. The second kappa shape index (κ2) is 6.38. The van der Waals surface area contributed by atoms with E-state index >= 15 is 0 Å². The lowest BCUT2D eigenvalue weighted by Crippen LogP contribution is -2.40. The van der Waals surface area contributed by atoms with Gasteiger partial charge in [0.25, 0.3) is 0 Å². The van der Waals surface area contributed by atoms with Gasteiger partial charge in [0.15, 0.2) is 5.58 Å². The maximum absolute atomic E-state index is 12.5. The van der Waals surface area contributed by atoms with E-state index in [-0.39, 0.29) is 11.9 Å². The fourth-order valence-corrected chi connectivity index (χ4v) is 3.21. The number of carbonyl (C=O) groups excluding carboxylic acids is 1. The number of aromatic nitrogens is 1. The third-order valence-electron chi connectivity index (χ3n) is 4.49. The molecule has 0 spiro atoms. The second-order valence-electron chi connectivity index (χ2n) is 6.08. The summed E-state index contributed by atoms with van der Waals surface area (Å²) in [5, 5.41) is 3.10. The highest BCUT2D eigenvalue weighted by atomic mass is 16.4. The van der Waals surface area contributed by atoms with Gasteiger partial charge in [-0.25, -0.2) is 4.79 Å². The molecule has 118 valence electrons. The van der Waals surface area contributed by atoms with Gasteiger partial charge in [-0.3, -0.25) is 9.36 Å². The predicted octanol–water partition coefficient (Wildman–Crippen LogP) is 2.99. The lowest BCUT2D eigenvalue weighted by atomic mass is 10.1. The minimum Gasteiger partial charge on any atom is -0.408 e. The molecule has 22 heavy (non-hydrogen) atoms. The maximum Gasteiger partial charge on any atom is 0.420 e. The molecule has 5 heteroatoms. The number of nitrogens with one attached hydrogen (secondary N) is 1. The van der Waals surface area contributed by atoms with Crippen molar-refractivity contribution in [1.29, 1.82) is 0 Å². The van der Waals surface area contributed by atoms with E-state index in [9.17, 15) is 9.59 Å². The van der Waals surface area contributed by atoms with Crippen LogP contribution < -0.4 is 11.1 Å². The average molecular weight is 302 g/mol. The van der Waals surface area contributed by atoms with E-state index in [1.54, 1.807) is 19.1 Å². The number of para-hydroxylation sites is 2. The Hall–Kier alpha value is -2.04. The van der Waals surface area contributed by atoms with Crippen molar-refractivity contribution < 1.29 is 9.21 Å². The SMILES string of the molecule is C[C@@H](C(=O)NC1CCCCCC1)n1c(=O)oc2ccccc21.